The highest BCUT2D eigenvalue weighted by Crippen LogP contribution is 2.22. The largest absolute Gasteiger partial charge is 0.355 e. The molecule has 1 aliphatic heterocycles. The first-order valence-electron chi connectivity index (χ1n) is 10.4. The molecule has 32 heavy (non-hydrogen) atoms. The maximum atomic E-state index is 15.0. The van der Waals surface area contributed by atoms with E-state index in [9.17, 15) is 14.0 Å². The number of amides is 1. The van der Waals surface area contributed by atoms with E-state index in [-0.39, 0.29) is 30.1 Å². The van der Waals surface area contributed by atoms with E-state index in [1.165, 1.54) is 0 Å². The van der Waals surface area contributed by atoms with Gasteiger partial charge in [0, 0.05) is 24.7 Å². The molecule has 0 saturated carbocycles. The minimum absolute atomic E-state index is 0.104. The molecule has 0 spiro atoms. The zero-order chi connectivity index (χ0) is 23.3. The topological polar surface area (TPSA) is 87.3 Å². The van der Waals surface area contributed by atoms with Gasteiger partial charge >= 0.3 is 0 Å². The van der Waals surface area contributed by atoms with E-state index in [4.69, 9.17) is 4.84 Å². The van der Waals surface area contributed by atoms with E-state index in [2.05, 4.69) is 21.9 Å². The van der Waals surface area contributed by atoms with Crippen LogP contribution in [-0.2, 0) is 22.6 Å². The number of nitrogens with zero attached hydrogens (tertiary/aromatic N) is 2. The number of fused-ring (bicyclic) bond motifs is 1. The molecule has 3 rings (SSSR count). The lowest BCUT2D eigenvalue weighted by atomic mass is 10.1. The van der Waals surface area contributed by atoms with Crippen LogP contribution >= 0.6 is 0 Å². The fourth-order valence-corrected chi connectivity index (χ4v) is 3.32. The summed E-state index contributed by atoms with van der Waals surface area (Å²) in [5.41, 5.74) is 3.10. The van der Waals surface area contributed by atoms with Crippen LogP contribution in [0.2, 0.25) is 0 Å². The summed E-state index contributed by atoms with van der Waals surface area (Å²) in [5, 5.41) is 4.22. The summed E-state index contributed by atoms with van der Waals surface area (Å²) >= 11 is 0. The molecule has 7 nitrogen and oxygen atoms in total. The summed E-state index contributed by atoms with van der Waals surface area (Å²) in [6.07, 6.45) is 7.64. The van der Waals surface area contributed by atoms with Crippen molar-refractivity contribution in [2.45, 2.75) is 26.8 Å². The molecule has 0 unspecified atom stereocenters. The summed E-state index contributed by atoms with van der Waals surface area (Å²) < 4.78 is 15.0. The molecule has 8 heteroatoms. The Morgan fingerprint density at radius 3 is 2.81 bits per heavy atom. The van der Waals surface area contributed by atoms with Gasteiger partial charge in [-0.25, -0.2) is 9.37 Å². The predicted molar refractivity (Wildman–Crippen MR) is 122 cm³/mol. The number of aromatic amines is 1. The Bertz CT molecular complexity index is 1190. The molecule has 1 amide bonds. The summed E-state index contributed by atoms with van der Waals surface area (Å²) in [4.78, 5) is 36.4. The third kappa shape index (κ3) is 5.09. The number of carbonyl (C=O) groups is 1. The van der Waals surface area contributed by atoms with Crippen LogP contribution in [0.25, 0.3) is 11.0 Å². The van der Waals surface area contributed by atoms with Gasteiger partial charge in [-0.1, -0.05) is 37.8 Å². The van der Waals surface area contributed by atoms with Gasteiger partial charge in [-0.2, -0.15) is 5.06 Å². The highest BCUT2D eigenvalue weighted by atomic mass is 19.1. The molecule has 2 heterocycles. The van der Waals surface area contributed by atoms with E-state index >= 15 is 0 Å². The molecule has 2 N–H and O–H groups in total. The average Bonchev–Trinajstić information content (AvgIpc) is 2.81. The van der Waals surface area contributed by atoms with Crippen molar-refractivity contribution in [2.24, 2.45) is 0 Å². The zero-order valence-electron chi connectivity index (χ0n) is 18.5. The van der Waals surface area contributed by atoms with Gasteiger partial charge in [-0.05, 0) is 36.6 Å². The number of halogens is 1. The fourth-order valence-electron chi connectivity index (χ4n) is 3.32. The van der Waals surface area contributed by atoms with Crippen molar-refractivity contribution in [2.75, 3.05) is 20.2 Å². The van der Waals surface area contributed by atoms with Crippen molar-refractivity contribution >= 4 is 16.9 Å². The monoisotopic (exact) mass is 438 g/mol. The van der Waals surface area contributed by atoms with Crippen LogP contribution in [0.15, 0.2) is 64.5 Å². The van der Waals surface area contributed by atoms with E-state index < -0.39 is 5.82 Å². The zero-order valence-corrected chi connectivity index (χ0v) is 18.5. The Morgan fingerprint density at radius 2 is 2.19 bits per heavy atom. The molecular formula is C24H27FN4O3. The van der Waals surface area contributed by atoms with Crippen LogP contribution < -0.4 is 10.9 Å². The molecule has 0 bridgehead atoms. The van der Waals surface area contributed by atoms with Gasteiger partial charge in [-0.15, -0.1) is 0 Å². The number of hydroxylamine groups is 2. The van der Waals surface area contributed by atoms with E-state index in [0.717, 1.165) is 11.1 Å². The molecule has 1 aromatic carbocycles. The normalized spacial score (nSPS) is 15.2. The van der Waals surface area contributed by atoms with Gasteiger partial charge in [0.15, 0.2) is 5.82 Å². The lowest BCUT2D eigenvalue weighted by Gasteiger charge is -2.26. The second-order valence-corrected chi connectivity index (χ2v) is 7.31. The van der Waals surface area contributed by atoms with Crippen LogP contribution in [0.1, 0.15) is 25.1 Å². The quantitative estimate of drug-likeness (QED) is 0.512. The summed E-state index contributed by atoms with van der Waals surface area (Å²) in [6.45, 7) is 8.59. The second kappa shape index (κ2) is 10.3. The average molecular weight is 439 g/mol. The van der Waals surface area contributed by atoms with Gasteiger partial charge in [0.25, 0.3) is 11.5 Å². The molecule has 1 aromatic heterocycles. The molecule has 0 atom stereocenters. The number of aromatic nitrogens is 2. The third-order valence-electron chi connectivity index (χ3n) is 5.26. The number of aryl methyl sites for hydroxylation is 1. The minimum Gasteiger partial charge on any atom is -0.355 e. The number of benzene rings is 1. The lowest BCUT2D eigenvalue weighted by molar-refractivity contribution is -0.156. The first-order chi connectivity index (χ1) is 15.4. The minimum atomic E-state index is -0.506. The number of nitrogens with one attached hydrogen (secondary N) is 2. The van der Waals surface area contributed by atoms with Crippen LogP contribution in [0.5, 0.6) is 0 Å². The summed E-state index contributed by atoms with van der Waals surface area (Å²) in [6, 6.07) is 3.36. The summed E-state index contributed by atoms with van der Waals surface area (Å²) in [7, 11) is 1.58. The van der Waals surface area contributed by atoms with Crippen LogP contribution in [0, 0.1) is 5.82 Å². The van der Waals surface area contributed by atoms with Crippen molar-refractivity contribution in [3.05, 3.63) is 87.2 Å². The van der Waals surface area contributed by atoms with Crippen LogP contribution in [-0.4, -0.2) is 41.1 Å². The Morgan fingerprint density at radius 1 is 1.41 bits per heavy atom. The number of carbonyl (C=O) groups excluding carboxylic acids is 1. The highest BCUT2D eigenvalue weighted by molar-refractivity contribution is 5.96. The number of hydrogen-bond donors (Lipinski definition) is 2. The van der Waals surface area contributed by atoms with Crippen LogP contribution in [0.4, 0.5) is 4.39 Å². The molecule has 0 saturated heterocycles. The van der Waals surface area contributed by atoms with Gasteiger partial charge in [0.2, 0.25) is 0 Å². The van der Waals surface area contributed by atoms with E-state index in [1.54, 1.807) is 49.4 Å². The number of allylic oxidation sites excluding steroid dienone is 2. The third-order valence-corrected chi connectivity index (χ3v) is 5.26. The van der Waals surface area contributed by atoms with Gasteiger partial charge in [-0.3, -0.25) is 14.4 Å². The number of hydrogen-bond acceptors (Lipinski definition) is 5. The molecular weight excluding hydrogens is 411 g/mol. The standard InChI is InChI=1S/C24H27FN4O3/c1-5-16(23(30)26-4)8-7-15(3)18-11-12-29(32-14-18)13-17-9-10-20-22(21(17)25)28-24(31)19(6-2)27-20/h5,7-11H,3,6,12-14H2,1-2,4H3,(H,26,30)(H,28,31)/b8-7-,16-5+. The van der Waals surface area contributed by atoms with Gasteiger partial charge in [0.1, 0.15) is 11.2 Å². The Hall–Kier alpha value is -3.36. The molecule has 2 aromatic rings. The second-order valence-electron chi connectivity index (χ2n) is 7.31. The smallest absolute Gasteiger partial charge is 0.270 e. The Balaban J connectivity index is 1.69. The van der Waals surface area contributed by atoms with E-state index in [0.29, 0.717) is 35.3 Å². The fraction of sp³-hybridized carbons (Fsp3) is 0.292. The van der Waals surface area contributed by atoms with Gasteiger partial charge in [0.05, 0.1) is 18.7 Å². The maximum absolute atomic E-state index is 15.0. The number of rotatable bonds is 7. The first-order valence-corrected chi connectivity index (χ1v) is 10.4. The molecule has 0 aliphatic carbocycles. The SMILES string of the molecule is C=C(/C=C\C(=C/C)C(=O)NC)C1=CCN(Cc2ccc3nc(CC)c(=O)[nH]c3c2F)OC1. The van der Waals surface area contributed by atoms with Crippen LogP contribution in [0.3, 0.4) is 0 Å². The lowest BCUT2D eigenvalue weighted by Crippen LogP contribution is -2.29. The molecule has 0 fully saturated rings. The van der Waals surface area contributed by atoms with Crippen molar-refractivity contribution in [3.8, 4) is 0 Å². The molecule has 168 valence electrons. The predicted octanol–water partition coefficient (Wildman–Crippen LogP) is 3.10. The number of likely N-dealkylation sites (N-methyl/N-ethyl adjacent to an activating group) is 1. The highest BCUT2D eigenvalue weighted by Gasteiger charge is 2.18. The molecule has 0 radical (unpaired) electrons. The maximum Gasteiger partial charge on any atom is 0.270 e. The van der Waals surface area contributed by atoms with Crippen molar-refractivity contribution in [1.82, 2.24) is 20.3 Å². The summed E-state index contributed by atoms with van der Waals surface area (Å²) in [5.74, 6) is -0.676. The first kappa shape index (κ1) is 23.3. The van der Waals surface area contributed by atoms with Gasteiger partial charge < -0.3 is 10.3 Å². The molecule has 1 aliphatic rings. The Labute approximate surface area is 185 Å². The van der Waals surface area contributed by atoms with Crippen molar-refractivity contribution < 1.29 is 14.0 Å². The van der Waals surface area contributed by atoms with Crippen molar-refractivity contribution in [3.63, 3.8) is 0 Å². The number of H-pyrrole nitrogens is 1. The van der Waals surface area contributed by atoms with Crippen molar-refractivity contribution in [1.29, 1.82) is 0 Å². The van der Waals surface area contributed by atoms with E-state index in [1.807, 2.05) is 13.0 Å². The Kier molecular flexibility index (Phi) is 7.50.